The van der Waals surface area contributed by atoms with Crippen molar-refractivity contribution in [1.29, 1.82) is 0 Å². The lowest BCUT2D eigenvalue weighted by molar-refractivity contribution is -0.512. The molecule has 0 radical (unpaired) electrons. The van der Waals surface area contributed by atoms with Crippen molar-refractivity contribution in [3.05, 3.63) is 45.7 Å². The Morgan fingerprint density at radius 2 is 1.59 bits per heavy atom. The summed E-state index contributed by atoms with van der Waals surface area (Å²) >= 11 is 0. The van der Waals surface area contributed by atoms with Gasteiger partial charge in [0.2, 0.25) is 6.04 Å². The largest absolute Gasteiger partial charge is 0.480 e. The second-order valence-electron chi connectivity index (χ2n) is 11.9. The first kappa shape index (κ1) is 30.7. The Morgan fingerprint density at radius 1 is 0.976 bits per heavy atom. The molecular formula is C28H40N4O9. The molecule has 0 amide bonds. The van der Waals surface area contributed by atoms with Gasteiger partial charge in [-0.1, -0.05) is 26.0 Å². The average molecular weight is 577 g/mol. The third-order valence-electron chi connectivity index (χ3n) is 8.88. The number of aliphatic carboxylic acids is 3. The third-order valence-corrected chi connectivity index (χ3v) is 8.88. The lowest BCUT2D eigenvalue weighted by atomic mass is 9.71. The topological polar surface area (TPSA) is 174 Å². The maximum atomic E-state index is 11.7. The zero-order valence-electron chi connectivity index (χ0n) is 23.6. The molecule has 41 heavy (non-hydrogen) atoms. The van der Waals surface area contributed by atoms with Gasteiger partial charge in [0, 0.05) is 54.6 Å². The summed E-state index contributed by atoms with van der Waals surface area (Å²) < 4.78 is 6.90. The summed E-state index contributed by atoms with van der Waals surface area (Å²) in [5.74, 6) is -3.47. The average Bonchev–Trinajstić information content (AvgIpc) is 3.07. The summed E-state index contributed by atoms with van der Waals surface area (Å²) in [5, 5.41) is 39.3. The number of carbonyl (C=O) groups is 3. The lowest BCUT2D eigenvalue weighted by Crippen LogP contribution is -2.59. The molecule has 2 aliphatic heterocycles. The number of nitrogens with zero attached hydrogens (tertiary/aromatic N) is 4. The Morgan fingerprint density at radius 3 is 2.22 bits per heavy atom. The van der Waals surface area contributed by atoms with Crippen LogP contribution in [0.3, 0.4) is 0 Å². The number of allylic oxidation sites excluding steroid dienone is 1. The van der Waals surface area contributed by atoms with E-state index in [2.05, 4.69) is 18.7 Å². The van der Waals surface area contributed by atoms with Gasteiger partial charge >= 0.3 is 17.9 Å². The molecular weight excluding hydrogens is 536 g/mol. The molecule has 0 aromatic heterocycles. The number of carboxylic acid groups (broad SMARTS) is 3. The number of rotatable bonds is 13. The van der Waals surface area contributed by atoms with Crippen molar-refractivity contribution in [2.75, 3.05) is 45.8 Å². The van der Waals surface area contributed by atoms with Gasteiger partial charge < -0.3 is 25.0 Å². The SMILES string of the molecule is CC1(C)C2=C(CCCC2)N(CCN(CCN(CC(=O)O)CC(=O)O)CC(=O)O)C12C=CC1C[C@@H]([N+](=O)[O-])C=C[C@H]1O2. The van der Waals surface area contributed by atoms with Crippen molar-refractivity contribution in [3.8, 4) is 0 Å². The molecule has 13 heteroatoms. The van der Waals surface area contributed by atoms with Crippen LogP contribution in [0.25, 0.3) is 0 Å². The van der Waals surface area contributed by atoms with Gasteiger partial charge in [-0.25, -0.2) is 0 Å². The van der Waals surface area contributed by atoms with Crippen LogP contribution < -0.4 is 0 Å². The van der Waals surface area contributed by atoms with Crippen LogP contribution >= 0.6 is 0 Å². The zero-order chi connectivity index (χ0) is 29.9. The molecule has 0 saturated heterocycles. The van der Waals surface area contributed by atoms with E-state index < -0.39 is 48.2 Å². The highest BCUT2D eigenvalue weighted by atomic mass is 16.6. The molecule has 1 spiro atoms. The predicted molar refractivity (Wildman–Crippen MR) is 147 cm³/mol. The van der Waals surface area contributed by atoms with Crippen molar-refractivity contribution in [3.63, 3.8) is 0 Å². The predicted octanol–water partition coefficient (Wildman–Crippen LogP) is 1.89. The highest BCUT2D eigenvalue weighted by Crippen LogP contribution is 2.58. The smallest absolute Gasteiger partial charge is 0.317 e. The Kier molecular flexibility index (Phi) is 9.19. The van der Waals surface area contributed by atoms with Crippen LogP contribution in [0.2, 0.25) is 0 Å². The Balaban J connectivity index is 1.57. The number of ether oxygens (including phenoxy) is 1. The normalized spacial score (nSPS) is 28.3. The van der Waals surface area contributed by atoms with E-state index in [0.29, 0.717) is 19.5 Å². The molecule has 2 aliphatic carbocycles. The van der Waals surface area contributed by atoms with Gasteiger partial charge in [0.05, 0.1) is 25.7 Å². The van der Waals surface area contributed by atoms with E-state index in [1.807, 2.05) is 12.2 Å². The first-order chi connectivity index (χ1) is 19.3. The van der Waals surface area contributed by atoms with E-state index in [-0.39, 0.29) is 36.6 Å². The summed E-state index contributed by atoms with van der Waals surface area (Å²) in [6, 6.07) is -0.746. The van der Waals surface area contributed by atoms with Crippen LogP contribution in [0.5, 0.6) is 0 Å². The fraction of sp³-hybridized carbons (Fsp3) is 0.679. The number of carboxylic acids is 3. The summed E-state index contributed by atoms with van der Waals surface area (Å²) in [7, 11) is 0. The standard InChI is InChI=1S/C28H40N4O9/c1-27(2)21-5-3-4-6-22(21)31(28(27)10-9-19-15-20(32(39)40)7-8-23(19)41-28)14-13-29(16-24(33)34)11-12-30(17-25(35)36)18-26(37)38/h7-10,19-20,23H,3-6,11-18H2,1-2H3,(H,33,34)(H,35,36)(H,37,38)/t19?,20-,23+,28?/m0/s1. The fourth-order valence-electron chi connectivity index (χ4n) is 6.85. The monoisotopic (exact) mass is 576 g/mol. The molecule has 226 valence electrons. The molecule has 0 saturated carbocycles. The summed E-state index contributed by atoms with van der Waals surface area (Å²) in [6.45, 7) is 4.16. The van der Waals surface area contributed by atoms with Gasteiger partial charge in [-0.2, -0.15) is 0 Å². The fourth-order valence-corrected chi connectivity index (χ4v) is 6.85. The van der Waals surface area contributed by atoms with Crippen molar-refractivity contribution in [1.82, 2.24) is 14.7 Å². The Bertz CT molecular complexity index is 1130. The minimum atomic E-state index is -1.16. The molecule has 3 N–H and O–H groups in total. The highest BCUT2D eigenvalue weighted by Gasteiger charge is 2.60. The van der Waals surface area contributed by atoms with Crippen molar-refractivity contribution < 1.29 is 39.4 Å². The van der Waals surface area contributed by atoms with Gasteiger partial charge in [0.1, 0.15) is 0 Å². The summed E-state index contributed by atoms with van der Waals surface area (Å²) in [4.78, 5) is 50.5. The van der Waals surface area contributed by atoms with Crippen molar-refractivity contribution in [2.24, 2.45) is 11.3 Å². The van der Waals surface area contributed by atoms with Gasteiger partial charge in [-0.05, 0) is 43.4 Å². The summed E-state index contributed by atoms with van der Waals surface area (Å²) in [5.41, 5.74) is 1.27. The minimum Gasteiger partial charge on any atom is -0.480 e. The molecule has 2 unspecified atom stereocenters. The second kappa shape index (κ2) is 12.3. The van der Waals surface area contributed by atoms with Gasteiger partial charge in [0.15, 0.2) is 5.72 Å². The molecule has 2 heterocycles. The number of nitro groups is 1. The van der Waals surface area contributed by atoms with E-state index in [9.17, 15) is 29.6 Å². The maximum absolute atomic E-state index is 11.7. The molecule has 0 fully saturated rings. The molecule has 0 bridgehead atoms. The number of hydrogen-bond donors (Lipinski definition) is 3. The minimum absolute atomic E-state index is 0.0824. The Hall–Kier alpha value is -3.29. The van der Waals surface area contributed by atoms with Crippen LogP contribution in [0.15, 0.2) is 35.6 Å². The Labute approximate surface area is 238 Å². The van der Waals surface area contributed by atoms with Crippen LogP contribution in [0.1, 0.15) is 46.0 Å². The van der Waals surface area contributed by atoms with Crippen molar-refractivity contribution >= 4 is 17.9 Å². The van der Waals surface area contributed by atoms with Crippen LogP contribution in [0, 0.1) is 21.4 Å². The zero-order valence-corrected chi connectivity index (χ0v) is 23.6. The molecule has 0 aromatic rings. The van der Waals surface area contributed by atoms with Crippen molar-refractivity contribution in [2.45, 2.75) is 63.8 Å². The molecule has 4 atom stereocenters. The maximum Gasteiger partial charge on any atom is 0.317 e. The van der Waals surface area contributed by atoms with E-state index in [4.69, 9.17) is 14.9 Å². The first-order valence-electron chi connectivity index (χ1n) is 14.1. The van der Waals surface area contributed by atoms with Gasteiger partial charge in [0.25, 0.3) is 0 Å². The van der Waals surface area contributed by atoms with Crippen LogP contribution in [-0.4, -0.2) is 117 Å². The van der Waals surface area contributed by atoms with E-state index in [1.165, 1.54) is 16.2 Å². The third kappa shape index (κ3) is 6.47. The second-order valence-corrected chi connectivity index (χ2v) is 11.9. The van der Waals surface area contributed by atoms with Gasteiger partial charge in [-0.15, -0.1) is 0 Å². The first-order valence-corrected chi connectivity index (χ1v) is 14.1. The molecule has 0 aromatic carbocycles. The molecule has 13 nitrogen and oxygen atoms in total. The summed E-state index contributed by atoms with van der Waals surface area (Å²) in [6.07, 6.45) is 11.5. The van der Waals surface area contributed by atoms with E-state index >= 15 is 0 Å². The van der Waals surface area contributed by atoms with Gasteiger partial charge in [-0.3, -0.25) is 34.3 Å². The number of hydrogen-bond acceptors (Lipinski definition) is 9. The molecule has 4 rings (SSSR count). The van der Waals surface area contributed by atoms with E-state index in [1.54, 1.807) is 17.1 Å². The molecule has 4 aliphatic rings. The lowest BCUT2D eigenvalue weighted by Gasteiger charge is -2.52. The van der Waals surface area contributed by atoms with Crippen LogP contribution in [0.4, 0.5) is 0 Å². The van der Waals surface area contributed by atoms with Crippen LogP contribution in [-0.2, 0) is 19.1 Å². The number of fused-ring (bicyclic) bond motifs is 1. The van der Waals surface area contributed by atoms with E-state index in [0.717, 1.165) is 25.7 Å². The highest BCUT2D eigenvalue weighted by molar-refractivity contribution is 5.72. The quantitative estimate of drug-likeness (QED) is 0.165.